The van der Waals surface area contributed by atoms with Gasteiger partial charge in [0, 0.05) is 13.1 Å². The molecule has 5 heteroatoms. The van der Waals surface area contributed by atoms with Crippen molar-refractivity contribution in [3.05, 3.63) is 155 Å². The molecule has 0 aromatic heterocycles. The summed E-state index contributed by atoms with van der Waals surface area (Å²) in [6.45, 7) is 2.12. The monoisotopic (exact) mass is 499 g/mol. The number of ether oxygens (including phenoxy) is 1. The van der Waals surface area contributed by atoms with Gasteiger partial charge in [-0.2, -0.15) is 5.26 Å². The van der Waals surface area contributed by atoms with Crippen molar-refractivity contribution in [2.45, 2.75) is 18.4 Å². The quantitative estimate of drug-likeness (QED) is 0.242. The molecule has 1 N–H and O–H groups in total. The minimum Gasteiger partial charge on any atom is -0.459 e. The lowest BCUT2D eigenvalue weighted by molar-refractivity contribution is -0.140. The predicted octanol–water partition coefficient (Wildman–Crippen LogP) is 5.90. The van der Waals surface area contributed by atoms with Gasteiger partial charge in [0.25, 0.3) is 0 Å². The van der Waals surface area contributed by atoms with E-state index in [1.807, 2.05) is 48.7 Å². The minimum absolute atomic E-state index is 0.156. The van der Waals surface area contributed by atoms with E-state index >= 15 is 0 Å². The lowest BCUT2D eigenvalue weighted by atomic mass is 9.62. The van der Waals surface area contributed by atoms with Crippen LogP contribution >= 0.6 is 0 Å². The molecule has 38 heavy (non-hydrogen) atoms. The number of carbonyl (C=O) groups excluding carboxylic acids is 1. The first-order valence-corrected chi connectivity index (χ1v) is 12.6. The number of rotatable bonds is 8. The number of nitrogens with zero attached hydrogens (tertiary/aromatic N) is 2. The molecule has 5 nitrogen and oxygen atoms in total. The zero-order valence-electron chi connectivity index (χ0n) is 21.2. The van der Waals surface area contributed by atoms with Crippen molar-refractivity contribution in [2.24, 2.45) is 0 Å². The Labute approximate surface area is 223 Å². The molecule has 0 spiro atoms. The number of esters is 1. The average Bonchev–Trinajstić information content (AvgIpc) is 3.44. The molecule has 1 aliphatic heterocycles. The first-order chi connectivity index (χ1) is 18.6. The molecule has 1 heterocycles. The van der Waals surface area contributed by atoms with Crippen molar-refractivity contribution >= 4 is 5.97 Å². The van der Waals surface area contributed by atoms with Crippen LogP contribution in [0.3, 0.4) is 0 Å². The van der Waals surface area contributed by atoms with E-state index in [1.165, 1.54) is 6.92 Å². The molecule has 0 bridgehead atoms. The van der Waals surface area contributed by atoms with Gasteiger partial charge in [-0.05, 0) is 34.4 Å². The minimum atomic E-state index is -0.653. The van der Waals surface area contributed by atoms with Crippen molar-refractivity contribution in [1.29, 1.82) is 5.26 Å². The molecular weight excluding hydrogens is 470 g/mol. The van der Waals surface area contributed by atoms with Crippen LogP contribution in [0.25, 0.3) is 0 Å². The molecule has 0 radical (unpaired) electrons. The fourth-order valence-corrected chi connectivity index (χ4v) is 5.48. The molecule has 0 saturated carbocycles. The van der Waals surface area contributed by atoms with Crippen molar-refractivity contribution in [2.75, 3.05) is 13.3 Å². The Kier molecular flexibility index (Phi) is 7.24. The summed E-state index contributed by atoms with van der Waals surface area (Å²) in [6.07, 6.45) is 1.92. The first kappa shape index (κ1) is 24.9. The van der Waals surface area contributed by atoms with Crippen LogP contribution < -0.4 is 5.32 Å². The van der Waals surface area contributed by atoms with E-state index in [4.69, 9.17) is 4.74 Å². The molecular formula is C33H29N3O2. The maximum absolute atomic E-state index is 11.8. The summed E-state index contributed by atoms with van der Waals surface area (Å²) in [7, 11) is 0. The third-order valence-electron chi connectivity index (χ3n) is 7.09. The molecule has 0 fully saturated rings. The third kappa shape index (κ3) is 4.65. The van der Waals surface area contributed by atoms with E-state index in [0.29, 0.717) is 12.2 Å². The summed E-state index contributed by atoms with van der Waals surface area (Å²) >= 11 is 0. The van der Waals surface area contributed by atoms with Gasteiger partial charge in [0.15, 0.2) is 0 Å². The van der Waals surface area contributed by atoms with Crippen molar-refractivity contribution in [3.63, 3.8) is 0 Å². The van der Waals surface area contributed by atoms with Crippen LogP contribution in [-0.2, 0) is 14.9 Å². The van der Waals surface area contributed by atoms with E-state index in [2.05, 4.69) is 89.1 Å². The number of hydrogen-bond acceptors (Lipinski definition) is 5. The zero-order chi connectivity index (χ0) is 26.4. The standard InChI is InChI=1S/C33H29N3O2/c1-25(37)38-23-31-22-35-24-36(31)32(27-19-17-26(21-34)18-20-27)33(28-11-5-2-6-12-28,29-13-7-3-8-14-29)30-15-9-4-10-16-30/h2-20,22,32,35H,23-24H2,1H3. The number of carbonyl (C=O) groups is 1. The Morgan fingerprint density at radius 3 is 1.82 bits per heavy atom. The van der Waals surface area contributed by atoms with Crippen LogP contribution in [0.15, 0.2) is 127 Å². The fraction of sp³-hybridized carbons (Fsp3) is 0.152. The summed E-state index contributed by atoms with van der Waals surface area (Å²) in [6, 6.07) is 41.4. The smallest absolute Gasteiger partial charge is 0.303 e. The number of nitrogens with one attached hydrogen (secondary N) is 1. The summed E-state index contributed by atoms with van der Waals surface area (Å²) < 4.78 is 5.48. The maximum atomic E-state index is 11.8. The molecule has 0 saturated heterocycles. The highest BCUT2D eigenvalue weighted by atomic mass is 16.5. The predicted molar refractivity (Wildman–Crippen MR) is 148 cm³/mol. The average molecular weight is 500 g/mol. The van der Waals surface area contributed by atoms with Crippen LogP contribution in [0, 0.1) is 11.3 Å². The van der Waals surface area contributed by atoms with Crippen molar-refractivity contribution in [1.82, 2.24) is 10.2 Å². The van der Waals surface area contributed by atoms with Gasteiger partial charge < -0.3 is 15.0 Å². The van der Waals surface area contributed by atoms with Gasteiger partial charge in [-0.25, -0.2) is 0 Å². The summed E-state index contributed by atoms with van der Waals surface area (Å²) in [5, 5.41) is 12.9. The molecule has 4 aromatic rings. The van der Waals surface area contributed by atoms with Crippen molar-refractivity contribution < 1.29 is 9.53 Å². The molecule has 0 amide bonds. The highest BCUT2D eigenvalue weighted by molar-refractivity contribution is 5.66. The lowest BCUT2D eigenvalue weighted by Crippen LogP contribution is -2.46. The Balaban J connectivity index is 1.84. The maximum Gasteiger partial charge on any atom is 0.303 e. The van der Waals surface area contributed by atoms with Gasteiger partial charge in [-0.15, -0.1) is 0 Å². The second-order valence-corrected chi connectivity index (χ2v) is 9.29. The van der Waals surface area contributed by atoms with Crippen LogP contribution in [-0.4, -0.2) is 24.1 Å². The Morgan fingerprint density at radius 1 is 0.868 bits per heavy atom. The molecule has 0 aliphatic carbocycles. The van der Waals surface area contributed by atoms with Gasteiger partial charge in [0.1, 0.15) is 6.61 Å². The fourth-order valence-electron chi connectivity index (χ4n) is 5.48. The second-order valence-electron chi connectivity index (χ2n) is 9.29. The lowest BCUT2D eigenvalue weighted by Gasteiger charge is -2.48. The number of benzene rings is 4. The Hall–Kier alpha value is -4.82. The van der Waals surface area contributed by atoms with Crippen LogP contribution in [0.5, 0.6) is 0 Å². The number of hydrogen-bond donors (Lipinski definition) is 1. The summed E-state index contributed by atoms with van der Waals surface area (Å²) in [5.74, 6) is -0.326. The first-order valence-electron chi connectivity index (χ1n) is 12.6. The molecule has 188 valence electrons. The summed E-state index contributed by atoms with van der Waals surface area (Å²) in [5.41, 5.74) is 5.26. The van der Waals surface area contributed by atoms with E-state index < -0.39 is 5.41 Å². The van der Waals surface area contributed by atoms with Crippen LogP contribution in [0.1, 0.15) is 40.8 Å². The van der Waals surface area contributed by atoms with Crippen LogP contribution in [0.2, 0.25) is 0 Å². The largest absolute Gasteiger partial charge is 0.459 e. The Morgan fingerprint density at radius 2 is 1.37 bits per heavy atom. The number of nitriles is 1. The zero-order valence-corrected chi connectivity index (χ0v) is 21.2. The Bertz CT molecular complexity index is 1350. The third-order valence-corrected chi connectivity index (χ3v) is 7.09. The van der Waals surface area contributed by atoms with E-state index in [9.17, 15) is 10.1 Å². The molecule has 1 aliphatic rings. The second kappa shape index (κ2) is 11.1. The molecule has 1 unspecified atom stereocenters. The highest BCUT2D eigenvalue weighted by Gasteiger charge is 2.48. The van der Waals surface area contributed by atoms with E-state index in [-0.39, 0.29) is 18.6 Å². The normalized spacial score (nSPS) is 13.7. The van der Waals surface area contributed by atoms with Gasteiger partial charge in [-0.1, -0.05) is 103 Å². The SMILES string of the molecule is CC(=O)OCC1=CNCN1C(c1ccc(C#N)cc1)C(c1ccccc1)(c1ccccc1)c1ccccc1. The van der Waals surface area contributed by atoms with Crippen molar-refractivity contribution in [3.8, 4) is 6.07 Å². The van der Waals surface area contributed by atoms with Gasteiger partial charge in [-0.3, -0.25) is 4.79 Å². The van der Waals surface area contributed by atoms with Gasteiger partial charge >= 0.3 is 5.97 Å². The topological polar surface area (TPSA) is 65.4 Å². The van der Waals surface area contributed by atoms with Gasteiger partial charge in [0.2, 0.25) is 0 Å². The summed E-state index contributed by atoms with van der Waals surface area (Å²) in [4.78, 5) is 14.0. The van der Waals surface area contributed by atoms with E-state index in [1.54, 1.807) is 0 Å². The van der Waals surface area contributed by atoms with E-state index in [0.717, 1.165) is 28.0 Å². The molecule has 5 rings (SSSR count). The van der Waals surface area contributed by atoms with Crippen LogP contribution in [0.4, 0.5) is 0 Å². The molecule has 4 aromatic carbocycles. The highest BCUT2D eigenvalue weighted by Crippen LogP contribution is 2.52. The molecule has 1 atom stereocenters. The van der Waals surface area contributed by atoms with Gasteiger partial charge in [0.05, 0.1) is 35.5 Å².